The first-order valence-electron chi connectivity index (χ1n) is 6.71. The second-order valence-electron chi connectivity index (χ2n) is 4.77. The van der Waals surface area contributed by atoms with Gasteiger partial charge in [-0.25, -0.2) is 0 Å². The van der Waals surface area contributed by atoms with Gasteiger partial charge in [-0.05, 0) is 36.4 Å². The van der Waals surface area contributed by atoms with E-state index in [0.29, 0.717) is 5.69 Å². The van der Waals surface area contributed by atoms with Crippen LogP contribution in [0.3, 0.4) is 0 Å². The number of anilines is 1. The molecular weight excluding hydrogens is 350 g/mol. The van der Waals surface area contributed by atoms with E-state index in [0.717, 1.165) is 0 Å². The number of guanidine groups is 1. The predicted octanol–water partition coefficient (Wildman–Crippen LogP) is 0.809. The molecule has 2 aromatic carbocycles. The van der Waals surface area contributed by atoms with Gasteiger partial charge in [0.15, 0.2) is 0 Å². The van der Waals surface area contributed by atoms with E-state index in [-0.39, 0.29) is 16.1 Å². The van der Waals surface area contributed by atoms with Crippen LogP contribution in [0, 0.1) is 10.1 Å². The van der Waals surface area contributed by atoms with Crippen LogP contribution in [0.25, 0.3) is 0 Å². The van der Waals surface area contributed by atoms with E-state index in [1.165, 1.54) is 48.5 Å². The minimum absolute atomic E-state index is 0.133. The molecule has 10 nitrogen and oxygen atoms in total. The van der Waals surface area contributed by atoms with Crippen molar-refractivity contribution in [3.63, 3.8) is 0 Å². The van der Waals surface area contributed by atoms with Crippen molar-refractivity contribution < 1.29 is 18.1 Å². The third kappa shape index (κ3) is 4.51. The minimum atomic E-state index is -4.01. The molecule has 0 radical (unpaired) electrons. The third-order valence-electron chi connectivity index (χ3n) is 2.98. The number of nitrogens with zero attached hydrogens (tertiary/aromatic N) is 2. The number of carbonyl (C=O) groups excluding carboxylic acids is 1. The standard InChI is InChI=1S/C14H13N5O5S/c15-14(16)18-25(23,24)12-7-3-10(4-8-12)17-13(20)9-1-5-11(6-2-9)19(21)22/h1-8H,(H,17,20)(H4,15,16,18). The summed E-state index contributed by atoms with van der Waals surface area (Å²) < 4.78 is 26.7. The SMILES string of the molecule is NC(N)=NS(=O)(=O)c1ccc(NC(=O)c2ccc([N+](=O)[O-])cc2)cc1. The van der Waals surface area contributed by atoms with Gasteiger partial charge in [0.2, 0.25) is 5.96 Å². The Bertz CT molecular complexity index is 933. The Balaban J connectivity index is 2.14. The molecule has 2 rings (SSSR count). The molecule has 2 aromatic rings. The quantitative estimate of drug-likeness (QED) is 0.305. The molecule has 0 aliphatic rings. The van der Waals surface area contributed by atoms with Gasteiger partial charge in [0.1, 0.15) is 0 Å². The minimum Gasteiger partial charge on any atom is -0.369 e. The number of rotatable bonds is 5. The van der Waals surface area contributed by atoms with Gasteiger partial charge in [-0.15, -0.1) is 4.40 Å². The summed E-state index contributed by atoms with van der Waals surface area (Å²) in [7, 11) is -4.01. The molecule has 0 spiro atoms. The Labute approximate surface area is 142 Å². The van der Waals surface area contributed by atoms with E-state index in [2.05, 4.69) is 9.71 Å². The molecule has 0 fully saturated rings. The number of hydrogen-bond acceptors (Lipinski definition) is 5. The van der Waals surface area contributed by atoms with Gasteiger partial charge in [0.05, 0.1) is 9.82 Å². The van der Waals surface area contributed by atoms with Crippen molar-refractivity contribution in [2.75, 3.05) is 5.32 Å². The zero-order valence-corrected chi connectivity index (χ0v) is 13.4. The number of nitro groups is 1. The molecule has 0 saturated carbocycles. The van der Waals surface area contributed by atoms with Gasteiger partial charge >= 0.3 is 0 Å². The smallest absolute Gasteiger partial charge is 0.285 e. The number of non-ortho nitro benzene ring substituents is 1. The zero-order chi connectivity index (χ0) is 18.6. The van der Waals surface area contributed by atoms with Gasteiger partial charge in [-0.3, -0.25) is 14.9 Å². The molecule has 0 bridgehead atoms. The summed E-state index contributed by atoms with van der Waals surface area (Å²) in [6.45, 7) is 0. The zero-order valence-electron chi connectivity index (χ0n) is 12.6. The molecule has 0 saturated heterocycles. The van der Waals surface area contributed by atoms with E-state index < -0.39 is 26.8 Å². The van der Waals surface area contributed by atoms with E-state index >= 15 is 0 Å². The normalized spacial score (nSPS) is 10.7. The van der Waals surface area contributed by atoms with Crippen molar-refractivity contribution in [3.8, 4) is 0 Å². The fourth-order valence-corrected chi connectivity index (χ4v) is 2.70. The highest BCUT2D eigenvalue weighted by Gasteiger charge is 2.14. The fourth-order valence-electron chi connectivity index (χ4n) is 1.84. The molecule has 5 N–H and O–H groups in total. The Kier molecular flexibility index (Phi) is 4.98. The summed E-state index contributed by atoms with van der Waals surface area (Å²) >= 11 is 0. The number of nitrogens with one attached hydrogen (secondary N) is 1. The molecule has 130 valence electrons. The van der Waals surface area contributed by atoms with E-state index in [4.69, 9.17) is 11.5 Å². The van der Waals surface area contributed by atoms with Crippen LogP contribution in [0.5, 0.6) is 0 Å². The summed E-state index contributed by atoms with van der Waals surface area (Å²) in [5.74, 6) is -1.09. The first-order valence-corrected chi connectivity index (χ1v) is 8.15. The van der Waals surface area contributed by atoms with E-state index in [1.54, 1.807) is 0 Å². The lowest BCUT2D eigenvalue weighted by atomic mass is 10.2. The summed E-state index contributed by atoms with van der Waals surface area (Å²) in [5, 5.41) is 13.1. The van der Waals surface area contributed by atoms with Crippen molar-refractivity contribution in [1.82, 2.24) is 0 Å². The van der Waals surface area contributed by atoms with Crippen LogP contribution >= 0.6 is 0 Å². The van der Waals surface area contributed by atoms with Crippen molar-refractivity contribution >= 4 is 33.3 Å². The first kappa shape index (κ1) is 17.9. The lowest BCUT2D eigenvalue weighted by Crippen LogP contribution is -2.24. The second kappa shape index (κ2) is 6.97. The first-order chi connectivity index (χ1) is 11.7. The van der Waals surface area contributed by atoms with Crippen LogP contribution in [0.4, 0.5) is 11.4 Å². The molecule has 11 heteroatoms. The molecule has 0 aliphatic heterocycles. The number of benzene rings is 2. The van der Waals surface area contributed by atoms with Gasteiger partial charge < -0.3 is 16.8 Å². The molecule has 0 atom stereocenters. The van der Waals surface area contributed by atoms with Crippen molar-refractivity contribution in [2.45, 2.75) is 4.90 Å². The number of sulfonamides is 1. The number of nitrogens with two attached hydrogens (primary N) is 2. The summed E-state index contributed by atoms with van der Waals surface area (Å²) in [4.78, 5) is 21.9. The Morgan fingerprint density at radius 2 is 1.60 bits per heavy atom. The highest BCUT2D eigenvalue weighted by molar-refractivity contribution is 7.90. The fraction of sp³-hybridized carbons (Fsp3) is 0. The number of nitro benzene ring substituents is 1. The summed E-state index contributed by atoms with van der Waals surface area (Å²) in [6.07, 6.45) is 0. The van der Waals surface area contributed by atoms with Crippen LogP contribution in [-0.4, -0.2) is 25.2 Å². The molecule has 0 heterocycles. The highest BCUT2D eigenvalue weighted by Crippen LogP contribution is 2.18. The molecule has 25 heavy (non-hydrogen) atoms. The van der Waals surface area contributed by atoms with Crippen LogP contribution in [0.15, 0.2) is 57.8 Å². The Morgan fingerprint density at radius 1 is 1.04 bits per heavy atom. The largest absolute Gasteiger partial charge is 0.369 e. The lowest BCUT2D eigenvalue weighted by molar-refractivity contribution is -0.384. The predicted molar refractivity (Wildman–Crippen MR) is 90.5 cm³/mol. The Morgan fingerprint density at radius 3 is 2.08 bits per heavy atom. The van der Waals surface area contributed by atoms with Crippen molar-refractivity contribution in [2.24, 2.45) is 15.9 Å². The average Bonchev–Trinajstić information content (AvgIpc) is 2.54. The van der Waals surface area contributed by atoms with Gasteiger partial charge in [-0.1, -0.05) is 0 Å². The Hall–Kier alpha value is -3.47. The van der Waals surface area contributed by atoms with Gasteiger partial charge in [0.25, 0.3) is 21.6 Å². The number of carbonyl (C=O) groups is 1. The maximum atomic E-state index is 12.1. The monoisotopic (exact) mass is 363 g/mol. The number of hydrogen-bond donors (Lipinski definition) is 3. The second-order valence-corrected chi connectivity index (χ2v) is 6.38. The van der Waals surface area contributed by atoms with Crippen LogP contribution in [-0.2, 0) is 10.0 Å². The van der Waals surface area contributed by atoms with Crippen LogP contribution in [0.2, 0.25) is 0 Å². The average molecular weight is 363 g/mol. The van der Waals surface area contributed by atoms with E-state index in [9.17, 15) is 23.3 Å². The maximum absolute atomic E-state index is 12.1. The maximum Gasteiger partial charge on any atom is 0.285 e. The molecule has 0 aromatic heterocycles. The molecule has 0 aliphatic carbocycles. The van der Waals surface area contributed by atoms with Gasteiger partial charge in [-0.2, -0.15) is 8.42 Å². The van der Waals surface area contributed by atoms with Gasteiger partial charge in [0, 0.05) is 23.4 Å². The van der Waals surface area contributed by atoms with Crippen LogP contribution < -0.4 is 16.8 Å². The summed E-state index contributed by atoms with van der Waals surface area (Å²) in [6, 6.07) is 10.2. The lowest BCUT2D eigenvalue weighted by Gasteiger charge is -2.06. The third-order valence-corrected chi connectivity index (χ3v) is 4.30. The topological polar surface area (TPSA) is 171 Å². The molecular formula is C14H13N5O5S. The van der Waals surface area contributed by atoms with Crippen molar-refractivity contribution in [1.29, 1.82) is 0 Å². The highest BCUT2D eigenvalue weighted by atomic mass is 32.2. The van der Waals surface area contributed by atoms with Crippen LogP contribution in [0.1, 0.15) is 10.4 Å². The number of amides is 1. The molecule has 1 amide bonds. The summed E-state index contributed by atoms with van der Waals surface area (Å²) in [5.41, 5.74) is 10.5. The molecule has 0 unspecified atom stereocenters. The van der Waals surface area contributed by atoms with Crippen molar-refractivity contribution in [3.05, 3.63) is 64.2 Å². The van der Waals surface area contributed by atoms with E-state index in [1.807, 2.05) is 0 Å².